The number of halogens is 3. The fraction of sp³-hybridized carbons (Fsp3) is 0.429. The van der Waals surface area contributed by atoms with Crippen LogP contribution in [-0.4, -0.2) is 40.3 Å². The van der Waals surface area contributed by atoms with Crippen LogP contribution in [0.3, 0.4) is 0 Å². The third-order valence-corrected chi connectivity index (χ3v) is 4.60. The van der Waals surface area contributed by atoms with E-state index in [0.717, 1.165) is 17.0 Å². The summed E-state index contributed by atoms with van der Waals surface area (Å²) >= 11 is 0. The van der Waals surface area contributed by atoms with Gasteiger partial charge in [-0.3, -0.25) is 0 Å². The van der Waals surface area contributed by atoms with Crippen LogP contribution in [-0.2, 0) is 29.8 Å². The van der Waals surface area contributed by atoms with Crippen molar-refractivity contribution in [1.82, 2.24) is 19.1 Å². The van der Waals surface area contributed by atoms with Crippen molar-refractivity contribution in [2.24, 2.45) is 7.05 Å². The van der Waals surface area contributed by atoms with E-state index in [2.05, 4.69) is 10.1 Å². The van der Waals surface area contributed by atoms with E-state index in [9.17, 15) is 21.6 Å². The van der Waals surface area contributed by atoms with Crippen LogP contribution in [0.5, 0.6) is 11.8 Å². The molecule has 0 fully saturated rings. The summed E-state index contributed by atoms with van der Waals surface area (Å²) in [4.78, 5) is 4.13. The van der Waals surface area contributed by atoms with E-state index in [1.807, 2.05) is 0 Å². The molecule has 0 saturated carbocycles. The normalized spacial score (nSPS) is 12.6. The molecule has 7 nitrogen and oxygen atoms in total. The molecule has 25 heavy (non-hydrogen) atoms. The average Bonchev–Trinajstić information content (AvgIpc) is 2.85. The average molecular weight is 378 g/mol. The van der Waals surface area contributed by atoms with Crippen LogP contribution in [0.4, 0.5) is 13.2 Å². The minimum atomic E-state index is -4.58. The van der Waals surface area contributed by atoms with Gasteiger partial charge in [-0.1, -0.05) is 13.0 Å². The van der Waals surface area contributed by atoms with Crippen LogP contribution in [0.15, 0.2) is 24.3 Å². The molecule has 0 amide bonds. The smallest absolute Gasteiger partial charge is 0.421 e. The monoisotopic (exact) mass is 378 g/mol. The van der Waals surface area contributed by atoms with Crippen LogP contribution in [0.1, 0.15) is 18.3 Å². The standard InChI is InChI=1S/C14H17F3N4O3S/c1-4-21(25(3,22)23)9-10-6-5-7-12(18-10)24-13-8-11(14(15,16)17)19-20(13)2/h5-8H,4,9H2,1-3H3. The van der Waals surface area contributed by atoms with Crippen molar-refractivity contribution in [3.8, 4) is 11.8 Å². The number of hydrogen-bond donors (Lipinski definition) is 0. The van der Waals surface area contributed by atoms with Crippen molar-refractivity contribution in [3.63, 3.8) is 0 Å². The van der Waals surface area contributed by atoms with E-state index in [1.165, 1.54) is 17.4 Å². The summed E-state index contributed by atoms with van der Waals surface area (Å²) in [6.45, 7) is 1.99. The summed E-state index contributed by atoms with van der Waals surface area (Å²) in [6.07, 6.45) is -3.49. The zero-order valence-corrected chi connectivity index (χ0v) is 14.6. The molecular formula is C14H17F3N4O3S. The molecule has 138 valence electrons. The highest BCUT2D eigenvalue weighted by molar-refractivity contribution is 7.88. The van der Waals surface area contributed by atoms with Gasteiger partial charge >= 0.3 is 6.18 Å². The van der Waals surface area contributed by atoms with E-state index < -0.39 is 21.9 Å². The molecule has 0 spiro atoms. The van der Waals surface area contributed by atoms with Gasteiger partial charge in [0.15, 0.2) is 5.69 Å². The molecule has 2 aromatic heterocycles. The van der Waals surface area contributed by atoms with Gasteiger partial charge in [-0.15, -0.1) is 0 Å². The summed E-state index contributed by atoms with van der Waals surface area (Å²) in [5, 5.41) is 3.35. The summed E-state index contributed by atoms with van der Waals surface area (Å²) in [6, 6.07) is 5.41. The first-order chi connectivity index (χ1) is 11.5. The van der Waals surface area contributed by atoms with E-state index >= 15 is 0 Å². The lowest BCUT2D eigenvalue weighted by Gasteiger charge is -2.17. The molecule has 0 aliphatic heterocycles. The summed E-state index contributed by atoms with van der Waals surface area (Å²) in [5.74, 6) is -0.0915. The second-order valence-electron chi connectivity index (χ2n) is 5.25. The first-order valence-electron chi connectivity index (χ1n) is 7.21. The van der Waals surface area contributed by atoms with Gasteiger partial charge in [-0.25, -0.2) is 18.1 Å². The number of hydrogen-bond acceptors (Lipinski definition) is 5. The van der Waals surface area contributed by atoms with Crippen LogP contribution in [0.25, 0.3) is 0 Å². The molecule has 0 saturated heterocycles. The summed E-state index contributed by atoms with van der Waals surface area (Å²) in [7, 11) is -2.07. The quantitative estimate of drug-likeness (QED) is 0.771. The number of sulfonamides is 1. The molecule has 0 unspecified atom stereocenters. The molecule has 2 aromatic rings. The van der Waals surface area contributed by atoms with Crippen LogP contribution >= 0.6 is 0 Å². The largest absolute Gasteiger partial charge is 0.435 e. The Labute approximate surface area is 143 Å². The Morgan fingerprint density at radius 3 is 2.52 bits per heavy atom. The summed E-state index contributed by atoms with van der Waals surface area (Å²) < 4.78 is 68.8. The van der Waals surface area contributed by atoms with E-state index in [1.54, 1.807) is 19.1 Å². The van der Waals surface area contributed by atoms with Crippen LogP contribution in [0.2, 0.25) is 0 Å². The highest BCUT2D eigenvalue weighted by atomic mass is 32.2. The fourth-order valence-corrected chi connectivity index (χ4v) is 2.87. The van der Waals surface area contributed by atoms with Crippen molar-refractivity contribution >= 4 is 10.0 Å². The number of nitrogens with zero attached hydrogens (tertiary/aromatic N) is 4. The Balaban J connectivity index is 2.21. The Morgan fingerprint density at radius 2 is 2.00 bits per heavy atom. The minimum Gasteiger partial charge on any atom is -0.421 e. The second-order valence-corrected chi connectivity index (χ2v) is 7.23. The highest BCUT2D eigenvalue weighted by Gasteiger charge is 2.35. The van der Waals surface area contributed by atoms with E-state index in [4.69, 9.17) is 4.74 Å². The number of alkyl halides is 3. The van der Waals surface area contributed by atoms with Gasteiger partial charge in [0.05, 0.1) is 18.5 Å². The lowest BCUT2D eigenvalue weighted by atomic mass is 10.3. The van der Waals surface area contributed by atoms with Gasteiger partial charge in [0.25, 0.3) is 0 Å². The van der Waals surface area contributed by atoms with Crippen molar-refractivity contribution in [2.45, 2.75) is 19.6 Å². The zero-order chi connectivity index (χ0) is 18.8. The number of ether oxygens (including phenoxy) is 1. The second kappa shape index (κ2) is 7.00. The molecular weight excluding hydrogens is 361 g/mol. The zero-order valence-electron chi connectivity index (χ0n) is 13.8. The lowest BCUT2D eigenvalue weighted by molar-refractivity contribution is -0.141. The van der Waals surface area contributed by atoms with Crippen molar-refractivity contribution < 1.29 is 26.3 Å². The van der Waals surface area contributed by atoms with Crippen molar-refractivity contribution in [3.05, 3.63) is 35.7 Å². The predicted octanol–water partition coefficient (Wildman–Crippen LogP) is 2.41. The molecule has 0 atom stereocenters. The van der Waals surface area contributed by atoms with Crippen LogP contribution < -0.4 is 4.74 Å². The minimum absolute atomic E-state index is 0.0335. The molecule has 0 aliphatic rings. The van der Waals surface area contributed by atoms with Crippen molar-refractivity contribution in [2.75, 3.05) is 12.8 Å². The van der Waals surface area contributed by atoms with E-state index in [-0.39, 0.29) is 24.8 Å². The molecule has 2 rings (SSSR count). The van der Waals surface area contributed by atoms with Crippen LogP contribution in [0, 0.1) is 0 Å². The molecule has 11 heteroatoms. The van der Waals surface area contributed by atoms with Gasteiger partial charge in [0, 0.05) is 25.7 Å². The van der Waals surface area contributed by atoms with Gasteiger partial charge < -0.3 is 4.74 Å². The highest BCUT2D eigenvalue weighted by Crippen LogP contribution is 2.31. The maximum Gasteiger partial charge on any atom is 0.435 e. The first kappa shape index (κ1) is 19.2. The molecule has 0 radical (unpaired) electrons. The van der Waals surface area contributed by atoms with Gasteiger partial charge in [0.1, 0.15) is 0 Å². The number of rotatable bonds is 6. The van der Waals surface area contributed by atoms with Gasteiger partial charge in [-0.2, -0.15) is 22.6 Å². The Bertz CT molecular complexity index is 849. The van der Waals surface area contributed by atoms with Gasteiger partial charge in [0.2, 0.25) is 21.8 Å². The third kappa shape index (κ3) is 4.92. The van der Waals surface area contributed by atoms with E-state index in [0.29, 0.717) is 5.69 Å². The fourth-order valence-electron chi connectivity index (χ4n) is 2.04. The Kier molecular flexibility index (Phi) is 5.37. The number of aryl methyl sites for hydroxylation is 1. The third-order valence-electron chi connectivity index (χ3n) is 3.28. The maximum atomic E-state index is 12.7. The number of pyridine rings is 1. The number of aromatic nitrogens is 3. The molecule has 0 N–H and O–H groups in total. The Morgan fingerprint density at radius 1 is 1.32 bits per heavy atom. The SMILES string of the molecule is CCN(Cc1cccc(Oc2cc(C(F)(F)F)nn2C)n1)S(C)(=O)=O. The molecule has 0 aliphatic carbocycles. The summed E-state index contributed by atoms with van der Waals surface area (Å²) in [5.41, 5.74) is -0.668. The molecule has 2 heterocycles. The topological polar surface area (TPSA) is 77.3 Å². The lowest BCUT2D eigenvalue weighted by Crippen LogP contribution is -2.29. The van der Waals surface area contributed by atoms with Gasteiger partial charge in [-0.05, 0) is 6.07 Å². The predicted molar refractivity (Wildman–Crippen MR) is 83.4 cm³/mol. The first-order valence-corrected chi connectivity index (χ1v) is 9.05. The Hall–Kier alpha value is -2.14. The van der Waals surface area contributed by atoms with Crippen molar-refractivity contribution in [1.29, 1.82) is 0 Å². The molecule has 0 aromatic carbocycles. The molecule has 0 bridgehead atoms. The maximum absolute atomic E-state index is 12.7.